The molecule has 0 radical (unpaired) electrons. The van der Waals surface area contributed by atoms with E-state index in [0.717, 1.165) is 19.4 Å². The zero-order chi connectivity index (χ0) is 12.8. The van der Waals surface area contributed by atoms with Gasteiger partial charge in [0, 0.05) is 12.5 Å². The van der Waals surface area contributed by atoms with Crippen LogP contribution in [0.15, 0.2) is 0 Å². The highest BCUT2D eigenvalue weighted by Gasteiger charge is 2.33. The summed E-state index contributed by atoms with van der Waals surface area (Å²) in [6.07, 6.45) is 3.99. The van der Waals surface area contributed by atoms with E-state index in [1.165, 1.54) is 0 Å². The van der Waals surface area contributed by atoms with Crippen LogP contribution in [0.3, 0.4) is 0 Å². The third-order valence-electron chi connectivity index (χ3n) is 3.87. The molecule has 1 rings (SSSR count). The predicted octanol–water partition coefficient (Wildman–Crippen LogP) is 2.04. The SMILES string of the molecule is CCC(CC)CNC(=O)[C@@H]1CC[C@H](C(=O)O)C1. The smallest absolute Gasteiger partial charge is 0.306 e. The molecule has 4 nitrogen and oxygen atoms in total. The molecule has 0 bridgehead atoms. The van der Waals surface area contributed by atoms with E-state index >= 15 is 0 Å². The van der Waals surface area contributed by atoms with Gasteiger partial charge in [-0.1, -0.05) is 26.7 Å². The summed E-state index contributed by atoms with van der Waals surface area (Å²) in [5.74, 6) is -0.596. The summed E-state index contributed by atoms with van der Waals surface area (Å²) in [7, 11) is 0. The molecule has 1 amide bonds. The van der Waals surface area contributed by atoms with Crippen LogP contribution in [0.25, 0.3) is 0 Å². The van der Waals surface area contributed by atoms with Gasteiger partial charge < -0.3 is 10.4 Å². The molecule has 2 atom stereocenters. The first-order valence-corrected chi connectivity index (χ1v) is 6.58. The van der Waals surface area contributed by atoms with E-state index in [1.54, 1.807) is 0 Å². The van der Waals surface area contributed by atoms with Crippen LogP contribution in [0.5, 0.6) is 0 Å². The summed E-state index contributed by atoms with van der Waals surface area (Å²) in [6.45, 7) is 4.97. The lowest BCUT2D eigenvalue weighted by Crippen LogP contribution is -2.33. The Labute approximate surface area is 103 Å². The normalized spacial score (nSPS) is 23.9. The Hall–Kier alpha value is -1.06. The van der Waals surface area contributed by atoms with Gasteiger partial charge >= 0.3 is 5.97 Å². The third kappa shape index (κ3) is 4.02. The highest BCUT2D eigenvalue weighted by atomic mass is 16.4. The first-order valence-electron chi connectivity index (χ1n) is 6.58. The monoisotopic (exact) mass is 241 g/mol. The summed E-state index contributed by atoms with van der Waals surface area (Å²) in [5, 5.41) is 11.8. The van der Waals surface area contributed by atoms with Crippen molar-refractivity contribution in [2.24, 2.45) is 17.8 Å². The van der Waals surface area contributed by atoms with E-state index in [1.807, 2.05) is 0 Å². The summed E-state index contributed by atoms with van der Waals surface area (Å²) >= 11 is 0. The summed E-state index contributed by atoms with van der Waals surface area (Å²) < 4.78 is 0. The minimum absolute atomic E-state index is 0.0423. The number of carboxylic acids is 1. The average Bonchev–Trinajstić information content (AvgIpc) is 2.79. The molecule has 2 N–H and O–H groups in total. The number of rotatable bonds is 6. The van der Waals surface area contributed by atoms with Gasteiger partial charge in [0.2, 0.25) is 5.91 Å². The Morgan fingerprint density at radius 3 is 2.29 bits per heavy atom. The molecule has 0 unspecified atom stereocenters. The Morgan fingerprint density at radius 2 is 1.82 bits per heavy atom. The van der Waals surface area contributed by atoms with E-state index < -0.39 is 5.97 Å². The van der Waals surface area contributed by atoms with Crippen molar-refractivity contribution in [1.82, 2.24) is 5.32 Å². The van der Waals surface area contributed by atoms with Crippen molar-refractivity contribution < 1.29 is 14.7 Å². The van der Waals surface area contributed by atoms with Crippen LogP contribution in [0.4, 0.5) is 0 Å². The molecular formula is C13H23NO3. The van der Waals surface area contributed by atoms with E-state index in [9.17, 15) is 9.59 Å². The number of carbonyl (C=O) groups is 2. The molecule has 0 heterocycles. The van der Waals surface area contributed by atoms with E-state index in [4.69, 9.17) is 5.11 Å². The Kier molecular flexibility index (Phi) is 5.45. The first-order chi connectivity index (χ1) is 8.08. The van der Waals surface area contributed by atoms with Crippen LogP contribution < -0.4 is 5.32 Å². The quantitative estimate of drug-likeness (QED) is 0.748. The molecule has 0 spiro atoms. The number of aliphatic carboxylic acids is 1. The summed E-state index contributed by atoms with van der Waals surface area (Å²) in [4.78, 5) is 22.6. The summed E-state index contributed by atoms with van der Waals surface area (Å²) in [5.41, 5.74) is 0. The zero-order valence-corrected chi connectivity index (χ0v) is 10.7. The standard InChI is InChI=1S/C13H23NO3/c1-3-9(4-2)8-14-12(15)10-5-6-11(7-10)13(16)17/h9-11H,3-8H2,1-2H3,(H,14,15)(H,16,17)/t10-,11+/m1/s1. The second-order valence-corrected chi connectivity index (χ2v) is 4.97. The van der Waals surface area contributed by atoms with Crippen LogP contribution in [-0.2, 0) is 9.59 Å². The van der Waals surface area contributed by atoms with Gasteiger partial charge in [-0.15, -0.1) is 0 Å². The largest absolute Gasteiger partial charge is 0.481 e. The molecule has 1 saturated carbocycles. The van der Waals surface area contributed by atoms with Gasteiger partial charge in [0.25, 0.3) is 0 Å². The lowest BCUT2D eigenvalue weighted by Gasteiger charge is -2.15. The van der Waals surface area contributed by atoms with Crippen molar-refractivity contribution >= 4 is 11.9 Å². The van der Waals surface area contributed by atoms with Crippen LogP contribution in [0.1, 0.15) is 46.0 Å². The molecule has 1 aliphatic rings. The van der Waals surface area contributed by atoms with E-state index in [-0.39, 0.29) is 17.7 Å². The van der Waals surface area contributed by atoms with Gasteiger partial charge in [-0.25, -0.2) is 0 Å². The van der Waals surface area contributed by atoms with E-state index in [2.05, 4.69) is 19.2 Å². The molecular weight excluding hydrogens is 218 g/mol. The number of hydrogen-bond acceptors (Lipinski definition) is 2. The number of carbonyl (C=O) groups excluding carboxylic acids is 1. The van der Waals surface area contributed by atoms with Crippen LogP contribution in [-0.4, -0.2) is 23.5 Å². The lowest BCUT2D eigenvalue weighted by molar-refractivity contribution is -0.141. The molecule has 0 aromatic carbocycles. The highest BCUT2D eigenvalue weighted by molar-refractivity contribution is 5.80. The van der Waals surface area contributed by atoms with Crippen LogP contribution in [0, 0.1) is 17.8 Å². The zero-order valence-electron chi connectivity index (χ0n) is 10.7. The average molecular weight is 241 g/mol. The molecule has 98 valence electrons. The van der Waals surface area contributed by atoms with Crippen LogP contribution >= 0.6 is 0 Å². The van der Waals surface area contributed by atoms with E-state index in [0.29, 0.717) is 25.2 Å². The molecule has 17 heavy (non-hydrogen) atoms. The lowest BCUT2D eigenvalue weighted by atomic mass is 10.0. The number of amides is 1. The van der Waals surface area contributed by atoms with Gasteiger partial charge in [0.1, 0.15) is 0 Å². The van der Waals surface area contributed by atoms with Crippen molar-refractivity contribution in [3.63, 3.8) is 0 Å². The maximum absolute atomic E-state index is 11.8. The Morgan fingerprint density at radius 1 is 1.24 bits per heavy atom. The number of hydrogen-bond donors (Lipinski definition) is 2. The minimum Gasteiger partial charge on any atom is -0.481 e. The van der Waals surface area contributed by atoms with Gasteiger partial charge in [-0.05, 0) is 25.2 Å². The molecule has 0 aliphatic heterocycles. The number of carboxylic acid groups (broad SMARTS) is 1. The topological polar surface area (TPSA) is 66.4 Å². The maximum Gasteiger partial charge on any atom is 0.306 e. The molecule has 1 fully saturated rings. The third-order valence-corrected chi connectivity index (χ3v) is 3.87. The molecule has 0 aromatic heterocycles. The van der Waals surface area contributed by atoms with Gasteiger partial charge in [0.15, 0.2) is 0 Å². The highest BCUT2D eigenvalue weighted by Crippen LogP contribution is 2.31. The number of nitrogens with one attached hydrogen (secondary N) is 1. The maximum atomic E-state index is 11.8. The summed E-state index contributed by atoms with van der Waals surface area (Å²) in [6, 6.07) is 0. The van der Waals surface area contributed by atoms with Crippen molar-refractivity contribution in [2.75, 3.05) is 6.54 Å². The van der Waals surface area contributed by atoms with Crippen molar-refractivity contribution in [1.29, 1.82) is 0 Å². The van der Waals surface area contributed by atoms with Gasteiger partial charge in [-0.2, -0.15) is 0 Å². The van der Waals surface area contributed by atoms with Crippen molar-refractivity contribution in [3.05, 3.63) is 0 Å². The van der Waals surface area contributed by atoms with Crippen molar-refractivity contribution in [3.8, 4) is 0 Å². The fourth-order valence-corrected chi connectivity index (χ4v) is 2.41. The first kappa shape index (κ1) is 14.0. The molecule has 1 aliphatic carbocycles. The Balaban J connectivity index is 2.32. The second-order valence-electron chi connectivity index (χ2n) is 4.97. The minimum atomic E-state index is -0.764. The van der Waals surface area contributed by atoms with Crippen LogP contribution in [0.2, 0.25) is 0 Å². The molecule has 0 aromatic rings. The van der Waals surface area contributed by atoms with Crippen molar-refractivity contribution in [2.45, 2.75) is 46.0 Å². The molecule has 0 saturated heterocycles. The Bertz CT molecular complexity index is 274. The fourth-order valence-electron chi connectivity index (χ4n) is 2.41. The van der Waals surface area contributed by atoms with Gasteiger partial charge in [-0.3, -0.25) is 9.59 Å². The molecule has 4 heteroatoms. The second kappa shape index (κ2) is 6.62. The van der Waals surface area contributed by atoms with Gasteiger partial charge in [0.05, 0.1) is 5.92 Å². The predicted molar refractivity (Wildman–Crippen MR) is 65.5 cm³/mol. The fraction of sp³-hybridized carbons (Fsp3) is 0.846.